The van der Waals surface area contributed by atoms with Crippen molar-refractivity contribution in [2.24, 2.45) is 0 Å². The molecule has 11 heteroatoms. The molecule has 0 spiro atoms. The number of alkyl halides is 6. The van der Waals surface area contributed by atoms with E-state index in [4.69, 9.17) is 0 Å². The van der Waals surface area contributed by atoms with Crippen molar-refractivity contribution in [3.8, 4) is 11.1 Å². The summed E-state index contributed by atoms with van der Waals surface area (Å²) < 4.78 is 98.6. The van der Waals surface area contributed by atoms with E-state index in [1.165, 1.54) is 4.72 Å². The standard InChI is InChI=1S/C13H8F6N2O2S/c14-12(15,16)9-3-1-8(2-4-9)10-7-20-6-5-11(10)21-24(22,23)13(17,18)19/h1-7H,(H,20,21). The number of benzene rings is 1. The first-order valence-corrected chi connectivity index (χ1v) is 7.61. The van der Waals surface area contributed by atoms with Crippen LogP contribution in [0.1, 0.15) is 5.56 Å². The fourth-order valence-corrected chi connectivity index (χ4v) is 2.34. The summed E-state index contributed by atoms with van der Waals surface area (Å²) in [5, 5.41) is 0. The third kappa shape index (κ3) is 3.78. The van der Waals surface area contributed by atoms with E-state index in [0.29, 0.717) is 0 Å². The first kappa shape index (κ1) is 18.0. The molecule has 2 aromatic rings. The lowest BCUT2D eigenvalue weighted by Crippen LogP contribution is -2.30. The van der Waals surface area contributed by atoms with Crippen LogP contribution in [0.4, 0.5) is 32.0 Å². The van der Waals surface area contributed by atoms with Gasteiger partial charge in [-0.2, -0.15) is 34.8 Å². The summed E-state index contributed by atoms with van der Waals surface area (Å²) in [6.07, 6.45) is -2.49. The van der Waals surface area contributed by atoms with Crippen molar-refractivity contribution in [3.05, 3.63) is 48.3 Å². The van der Waals surface area contributed by atoms with E-state index >= 15 is 0 Å². The maximum atomic E-state index is 12.5. The summed E-state index contributed by atoms with van der Waals surface area (Å²) in [7, 11) is -5.67. The van der Waals surface area contributed by atoms with Gasteiger partial charge in [0.25, 0.3) is 0 Å². The molecule has 0 saturated heterocycles. The lowest BCUT2D eigenvalue weighted by atomic mass is 10.0. The molecule has 24 heavy (non-hydrogen) atoms. The minimum absolute atomic E-state index is 0.0657. The molecular weight excluding hydrogens is 362 g/mol. The number of nitrogens with one attached hydrogen (secondary N) is 1. The molecule has 1 heterocycles. The molecule has 0 radical (unpaired) electrons. The third-order valence-corrected chi connectivity index (χ3v) is 3.99. The highest BCUT2D eigenvalue weighted by Gasteiger charge is 2.46. The van der Waals surface area contributed by atoms with Crippen LogP contribution in [0, 0.1) is 0 Å². The van der Waals surface area contributed by atoms with Crippen LogP contribution >= 0.6 is 0 Å². The quantitative estimate of drug-likeness (QED) is 0.830. The molecule has 0 bridgehead atoms. The number of hydrogen-bond acceptors (Lipinski definition) is 3. The summed E-state index contributed by atoms with van der Waals surface area (Å²) in [5.41, 5.74) is -6.97. The number of hydrogen-bond donors (Lipinski definition) is 1. The van der Waals surface area contributed by atoms with Gasteiger partial charge < -0.3 is 0 Å². The first-order chi connectivity index (χ1) is 10.9. The molecule has 0 aliphatic heterocycles. The van der Waals surface area contributed by atoms with Gasteiger partial charge in [-0.15, -0.1) is 0 Å². The van der Waals surface area contributed by atoms with E-state index in [1.807, 2.05) is 0 Å². The fraction of sp³-hybridized carbons (Fsp3) is 0.154. The van der Waals surface area contributed by atoms with Crippen molar-refractivity contribution in [1.82, 2.24) is 4.98 Å². The van der Waals surface area contributed by atoms with Gasteiger partial charge in [0.05, 0.1) is 11.3 Å². The van der Waals surface area contributed by atoms with E-state index < -0.39 is 33.0 Å². The molecular formula is C13H8F6N2O2S. The second-order valence-corrected chi connectivity index (χ2v) is 6.22. The number of anilines is 1. The van der Waals surface area contributed by atoms with Crippen LogP contribution in [0.25, 0.3) is 11.1 Å². The zero-order chi connectivity index (χ0) is 18.2. The zero-order valence-electron chi connectivity index (χ0n) is 11.5. The Morgan fingerprint density at radius 2 is 1.50 bits per heavy atom. The summed E-state index contributed by atoms with van der Waals surface area (Å²) >= 11 is 0. The fourth-order valence-electron chi connectivity index (χ4n) is 1.75. The summed E-state index contributed by atoms with van der Waals surface area (Å²) in [6, 6.07) is 4.43. The second-order valence-electron chi connectivity index (χ2n) is 4.55. The number of sulfonamides is 1. The van der Waals surface area contributed by atoms with Gasteiger partial charge in [-0.3, -0.25) is 9.71 Å². The van der Waals surface area contributed by atoms with Gasteiger partial charge in [0, 0.05) is 18.0 Å². The maximum absolute atomic E-state index is 12.5. The largest absolute Gasteiger partial charge is 0.516 e. The van der Waals surface area contributed by atoms with Crippen molar-refractivity contribution in [2.45, 2.75) is 11.7 Å². The maximum Gasteiger partial charge on any atom is 0.516 e. The number of aromatic nitrogens is 1. The highest BCUT2D eigenvalue weighted by atomic mass is 32.2. The number of pyridine rings is 1. The Hall–Kier alpha value is -2.30. The smallest absolute Gasteiger partial charge is 0.275 e. The Morgan fingerprint density at radius 3 is 2.00 bits per heavy atom. The molecule has 2 rings (SSSR count). The van der Waals surface area contributed by atoms with E-state index in [-0.39, 0.29) is 11.1 Å². The minimum Gasteiger partial charge on any atom is -0.275 e. The highest BCUT2D eigenvalue weighted by molar-refractivity contribution is 7.93. The molecule has 0 unspecified atom stereocenters. The number of rotatable bonds is 3. The van der Waals surface area contributed by atoms with Crippen LogP contribution in [0.5, 0.6) is 0 Å². The molecule has 0 fully saturated rings. The summed E-state index contributed by atoms with van der Waals surface area (Å²) in [4.78, 5) is 3.65. The molecule has 0 amide bonds. The van der Waals surface area contributed by atoms with Crippen molar-refractivity contribution >= 4 is 15.7 Å². The Kier molecular flexibility index (Phi) is 4.48. The molecule has 1 aromatic heterocycles. The van der Waals surface area contributed by atoms with Gasteiger partial charge in [0.1, 0.15) is 0 Å². The van der Waals surface area contributed by atoms with E-state index in [1.54, 1.807) is 0 Å². The lowest BCUT2D eigenvalue weighted by molar-refractivity contribution is -0.137. The normalized spacial score (nSPS) is 12.9. The van der Waals surface area contributed by atoms with Crippen molar-refractivity contribution < 1.29 is 34.8 Å². The SMILES string of the molecule is O=S(=O)(Nc1ccncc1-c1ccc(C(F)(F)F)cc1)C(F)(F)F. The third-order valence-electron chi connectivity index (χ3n) is 2.89. The van der Waals surface area contributed by atoms with Gasteiger partial charge in [0.2, 0.25) is 0 Å². The first-order valence-electron chi connectivity index (χ1n) is 6.12. The van der Waals surface area contributed by atoms with Gasteiger partial charge in [-0.1, -0.05) is 12.1 Å². The molecule has 0 aliphatic carbocycles. The van der Waals surface area contributed by atoms with E-state index in [0.717, 1.165) is 42.7 Å². The second kappa shape index (κ2) is 5.96. The molecule has 0 atom stereocenters. The average Bonchev–Trinajstić information content (AvgIpc) is 2.45. The van der Waals surface area contributed by atoms with Crippen LogP contribution in [-0.4, -0.2) is 18.9 Å². The van der Waals surface area contributed by atoms with Crippen LogP contribution < -0.4 is 4.72 Å². The Bertz CT molecular complexity index is 829. The predicted octanol–water partition coefficient (Wildman–Crippen LogP) is 4.03. The van der Waals surface area contributed by atoms with Gasteiger partial charge >= 0.3 is 21.7 Å². The van der Waals surface area contributed by atoms with Gasteiger partial charge in [-0.05, 0) is 23.8 Å². The lowest BCUT2D eigenvalue weighted by Gasteiger charge is -2.14. The molecule has 0 aliphatic rings. The van der Waals surface area contributed by atoms with E-state index in [9.17, 15) is 34.8 Å². The van der Waals surface area contributed by atoms with Crippen LogP contribution in [0.3, 0.4) is 0 Å². The topological polar surface area (TPSA) is 59.1 Å². The summed E-state index contributed by atoms with van der Waals surface area (Å²) in [6.45, 7) is 0. The highest BCUT2D eigenvalue weighted by Crippen LogP contribution is 2.34. The van der Waals surface area contributed by atoms with Crippen LogP contribution in [0.2, 0.25) is 0 Å². The molecule has 1 N–H and O–H groups in total. The van der Waals surface area contributed by atoms with Crippen molar-refractivity contribution in [2.75, 3.05) is 4.72 Å². The van der Waals surface area contributed by atoms with E-state index in [2.05, 4.69) is 4.98 Å². The average molecular weight is 370 g/mol. The zero-order valence-corrected chi connectivity index (χ0v) is 12.3. The van der Waals surface area contributed by atoms with Gasteiger partial charge in [-0.25, -0.2) is 0 Å². The van der Waals surface area contributed by atoms with Gasteiger partial charge in [0.15, 0.2) is 0 Å². The molecule has 4 nitrogen and oxygen atoms in total. The predicted molar refractivity (Wildman–Crippen MR) is 73.3 cm³/mol. The Labute approximate surface area is 132 Å². The number of nitrogens with zero attached hydrogens (tertiary/aromatic N) is 1. The molecule has 130 valence electrons. The minimum atomic E-state index is -5.67. The molecule has 0 saturated carbocycles. The Balaban J connectivity index is 2.43. The number of halogens is 6. The van der Waals surface area contributed by atoms with Crippen LogP contribution in [-0.2, 0) is 16.2 Å². The molecule has 1 aromatic carbocycles. The van der Waals surface area contributed by atoms with Crippen molar-refractivity contribution in [1.29, 1.82) is 0 Å². The van der Waals surface area contributed by atoms with Crippen molar-refractivity contribution in [3.63, 3.8) is 0 Å². The Morgan fingerprint density at radius 1 is 0.917 bits per heavy atom. The van der Waals surface area contributed by atoms with Crippen LogP contribution in [0.15, 0.2) is 42.7 Å². The summed E-state index contributed by atoms with van der Waals surface area (Å²) in [5.74, 6) is 0. The monoisotopic (exact) mass is 370 g/mol.